The van der Waals surface area contributed by atoms with E-state index in [0.29, 0.717) is 12.0 Å². The Kier molecular flexibility index (Phi) is 3.55. The number of likely N-dealkylation sites (N-methyl/N-ethyl adjacent to an activating group) is 1. The topological polar surface area (TPSA) is 12.0 Å². The van der Waals surface area contributed by atoms with Crippen molar-refractivity contribution in [2.45, 2.75) is 26.8 Å². The van der Waals surface area contributed by atoms with Crippen LogP contribution in [0.2, 0.25) is 0 Å². The SMILES string of the molecule is C=C(C)[C@H](NC)C(C)C. The van der Waals surface area contributed by atoms with E-state index in [1.165, 1.54) is 5.57 Å². The Labute approximate surface area is 58.2 Å². The fraction of sp³-hybridized carbons (Fsp3) is 0.750. The van der Waals surface area contributed by atoms with Crippen molar-refractivity contribution < 1.29 is 0 Å². The molecule has 9 heavy (non-hydrogen) atoms. The molecule has 0 radical (unpaired) electrons. The third kappa shape index (κ3) is 2.66. The lowest BCUT2D eigenvalue weighted by Crippen LogP contribution is -2.31. The molecule has 0 fully saturated rings. The molecule has 0 aromatic carbocycles. The Hall–Kier alpha value is -0.300. The lowest BCUT2D eigenvalue weighted by molar-refractivity contribution is 0.480. The molecule has 0 aliphatic carbocycles. The maximum absolute atomic E-state index is 3.89. The molecule has 0 saturated carbocycles. The summed E-state index contributed by atoms with van der Waals surface area (Å²) < 4.78 is 0. The van der Waals surface area contributed by atoms with E-state index in [1.807, 2.05) is 7.05 Å². The van der Waals surface area contributed by atoms with Gasteiger partial charge in [0.15, 0.2) is 0 Å². The van der Waals surface area contributed by atoms with Crippen molar-refractivity contribution >= 4 is 0 Å². The van der Waals surface area contributed by atoms with E-state index in [4.69, 9.17) is 0 Å². The second-order valence-corrected chi connectivity index (χ2v) is 2.86. The summed E-state index contributed by atoms with van der Waals surface area (Å²) in [4.78, 5) is 0. The molecule has 0 spiro atoms. The summed E-state index contributed by atoms with van der Waals surface area (Å²) in [6.07, 6.45) is 0. The molecule has 54 valence electrons. The lowest BCUT2D eigenvalue weighted by Gasteiger charge is -2.19. The van der Waals surface area contributed by atoms with Gasteiger partial charge >= 0.3 is 0 Å². The highest BCUT2D eigenvalue weighted by Crippen LogP contribution is 2.08. The predicted octanol–water partition coefficient (Wildman–Crippen LogP) is 1.81. The van der Waals surface area contributed by atoms with Gasteiger partial charge in [0, 0.05) is 6.04 Å². The average molecular weight is 127 g/mol. The highest BCUT2D eigenvalue weighted by molar-refractivity contribution is 5.02. The third-order valence-electron chi connectivity index (χ3n) is 1.51. The van der Waals surface area contributed by atoms with Crippen LogP contribution in [-0.4, -0.2) is 13.1 Å². The maximum atomic E-state index is 3.89. The van der Waals surface area contributed by atoms with E-state index in [2.05, 4.69) is 32.7 Å². The van der Waals surface area contributed by atoms with Gasteiger partial charge in [0.1, 0.15) is 0 Å². The van der Waals surface area contributed by atoms with Gasteiger partial charge in [-0.1, -0.05) is 26.0 Å². The van der Waals surface area contributed by atoms with Crippen LogP contribution in [0.5, 0.6) is 0 Å². The van der Waals surface area contributed by atoms with Crippen LogP contribution in [0.4, 0.5) is 0 Å². The fourth-order valence-corrected chi connectivity index (χ4v) is 1.15. The van der Waals surface area contributed by atoms with E-state index in [1.54, 1.807) is 0 Å². The Balaban J connectivity index is 3.83. The van der Waals surface area contributed by atoms with Crippen molar-refractivity contribution in [1.29, 1.82) is 0 Å². The van der Waals surface area contributed by atoms with Crippen LogP contribution >= 0.6 is 0 Å². The molecule has 0 heterocycles. The van der Waals surface area contributed by atoms with Crippen LogP contribution in [0, 0.1) is 5.92 Å². The molecule has 1 atom stereocenters. The molecule has 0 saturated heterocycles. The zero-order chi connectivity index (χ0) is 7.44. The lowest BCUT2D eigenvalue weighted by atomic mass is 9.99. The quantitative estimate of drug-likeness (QED) is 0.570. The van der Waals surface area contributed by atoms with Crippen molar-refractivity contribution in [2.75, 3.05) is 7.05 Å². The van der Waals surface area contributed by atoms with Gasteiger partial charge in [0.2, 0.25) is 0 Å². The van der Waals surface area contributed by atoms with Crippen LogP contribution in [0.15, 0.2) is 12.2 Å². The summed E-state index contributed by atoms with van der Waals surface area (Å²) in [5, 5.41) is 3.20. The largest absolute Gasteiger partial charge is 0.313 e. The van der Waals surface area contributed by atoms with Gasteiger partial charge in [0.25, 0.3) is 0 Å². The van der Waals surface area contributed by atoms with Crippen molar-refractivity contribution in [3.05, 3.63) is 12.2 Å². The second kappa shape index (κ2) is 3.67. The zero-order valence-corrected chi connectivity index (χ0v) is 6.86. The van der Waals surface area contributed by atoms with Crippen LogP contribution in [0.3, 0.4) is 0 Å². The van der Waals surface area contributed by atoms with Gasteiger partial charge in [-0.05, 0) is 19.9 Å². The molecule has 0 aliphatic heterocycles. The minimum absolute atomic E-state index is 0.477. The van der Waals surface area contributed by atoms with E-state index in [9.17, 15) is 0 Å². The molecule has 1 heteroatoms. The standard InChI is InChI=1S/C8H17N/c1-6(2)8(9-5)7(3)4/h7-9H,1H2,2-5H3/t8-/m0/s1. The Bertz CT molecular complexity index is 94.7. The van der Waals surface area contributed by atoms with Crippen LogP contribution in [-0.2, 0) is 0 Å². The molecule has 0 unspecified atom stereocenters. The van der Waals surface area contributed by atoms with Crippen LogP contribution in [0.25, 0.3) is 0 Å². The summed E-state index contributed by atoms with van der Waals surface area (Å²) in [7, 11) is 1.97. The van der Waals surface area contributed by atoms with Crippen molar-refractivity contribution in [3.63, 3.8) is 0 Å². The molecule has 0 aromatic heterocycles. The van der Waals surface area contributed by atoms with Gasteiger partial charge in [-0.25, -0.2) is 0 Å². The molecular weight excluding hydrogens is 110 g/mol. The van der Waals surface area contributed by atoms with Crippen molar-refractivity contribution in [1.82, 2.24) is 5.32 Å². The first-order valence-electron chi connectivity index (χ1n) is 3.42. The molecular formula is C8H17N. The Morgan fingerprint density at radius 2 is 1.89 bits per heavy atom. The molecule has 1 nitrogen and oxygen atoms in total. The van der Waals surface area contributed by atoms with Gasteiger partial charge in [-0.2, -0.15) is 0 Å². The van der Waals surface area contributed by atoms with Gasteiger partial charge in [-0.3, -0.25) is 0 Å². The molecule has 0 rings (SSSR count). The molecule has 1 N–H and O–H groups in total. The maximum Gasteiger partial charge on any atom is 0.0294 e. The zero-order valence-electron chi connectivity index (χ0n) is 6.86. The molecule has 0 bridgehead atoms. The number of rotatable bonds is 3. The van der Waals surface area contributed by atoms with Gasteiger partial charge in [0.05, 0.1) is 0 Å². The highest BCUT2D eigenvalue weighted by atomic mass is 14.9. The van der Waals surface area contributed by atoms with E-state index in [0.717, 1.165) is 0 Å². The van der Waals surface area contributed by atoms with E-state index in [-0.39, 0.29) is 0 Å². The number of nitrogens with one attached hydrogen (secondary N) is 1. The highest BCUT2D eigenvalue weighted by Gasteiger charge is 2.09. The number of hydrogen-bond donors (Lipinski definition) is 1. The summed E-state index contributed by atoms with van der Waals surface area (Å²) in [5.74, 6) is 0.646. The molecule has 0 amide bonds. The second-order valence-electron chi connectivity index (χ2n) is 2.86. The predicted molar refractivity (Wildman–Crippen MR) is 42.5 cm³/mol. The van der Waals surface area contributed by atoms with Crippen molar-refractivity contribution in [3.8, 4) is 0 Å². The van der Waals surface area contributed by atoms with Crippen LogP contribution in [0.1, 0.15) is 20.8 Å². The first-order valence-corrected chi connectivity index (χ1v) is 3.42. The first-order chi connectivity index (χ1) is 4.09. The summed E-state index contributed by atoms with van der Waals surface area (Å²) >= 11 is 0. The van der Waals surface area contributed by atoms with E-state index < -0.39 is 0 Å². The molecule has 0 aliphatic rings. The van der Waals surface area contributed by atoms with E-state index >= 15 is 0 Å². The first kappa shape index (κ1) is 8.70. The number of hydrogen-bond acceptors (Lipinski definition) is 1. The fourth-order valence-electron chi connectivity index (χ4n) is 1.15. The smallest absolute Gasteiger partial charge is 0.0294 e. The normalized spacial score (nSPS) is 13.9. The minimum atomic E-state index is 0.477. The summed E-state index contributed by atoms with van der Waals surface area (Å²) in [5.41, 5.74) is 1.22. The summed E-state index contributed by atoms with van der Waals surface area (Å²) in [6, 6.07) is 0.477. The molecule has 0 aromatic rings. The monoisotopic (exact) mass is 127 g/mol. The minimum Gasteiger partial charge on any atom is -0.313 e. The van der Waals surface area contributed by atoms with Crippen LogP contribution < -0.4 is 5.32 Å². The average Bonchev–Trinajstić information content (AvgIpc) is 1.64. The van der Waals surface area contributed by atoms with Gasteiger partial charge in [-0.15, -0.1) is 0 Å². The Morgan fingerprint density at radius 3 is 1.89 bits per heavy atom. The third-order valence-corrected chi connectivity index (χ3v) is 1.51. The van der Waals surface area contributed by atoms with Crippen molar-refractivity contribution in [2.24, 2.45) is 5.92 Å². The Morgan fingerprint density at radius 1 is 1.44 bits per heavy atom. The van der Waals surface area contributed by atoms with Gasteiger partial charge < -0.3 is 5.32 Å². The summed E-state index contributed by atoms with van der Waals surface area (Å²) in [6.45, 7) is 10.3.